The summed E-state index contributed by atoms with van der Waals surface area (Å²) in [5, 5.41) is 0. The van der Waals surface area contributed by atoms with Crippen LogP contribution >= 0.6 is 0 Å². The first kappa shape index (κ1) is 12.5. The molecule has 0 radical (unpaired) electrons. The average Bonchev–Trinajstić information content (AvgIpc) is 2.74. The van der Waals surface area contributed by atoms with Crippen molar-refractivity contribution in [3.05, 3.63) is 53.6 Å². The van der Waals surface area contributed by atoms with Gasteiger partial charge in [0.1, 0.15) is 0 Å². The summed E-state index contributed by atoms with van der Waals surface area (Å²) in [5.41, 5.74) is 4.57. The number of nitrogens with zero attached hydrogens (tertiary/aromatic N) is 1. The lowest BCUT2D eigenvalue weighted by Crippen LogP contribution is -2.58. The van der Waals surface area contributed by atoms with Crippen molar-refractivity contribution in [2.75, 3.05) is 6.54 Å². The highest BCUT2D eigenvalue weighted by Gasteiger charge is 2.54. The van der Waals surface area contributed by atoms with Crippen LogP contribution in [0.2, 0.25) is 0 Å². The maximum absolute atomic E-state index is 2.57. The van der Waals surface area contributed by atoms with E-state index in [4.69, 9.17) is 0 Å². The van der Waals surface area contributed by atoms with Crippen LogP contribution in [0.15, 0.2) is 42.5 Å². The molecule has 3 rings (SSSR count). The molecular weight excluding hydrogens is 230 g/mol. The molecule has 1 nitrogen and oxygen atoms in total. The Kier molecular flexibility index (Phi) is 2.63. The van der Waals surface area contributed by atoms with Gasteiger partial charge in [-0.1, -0.05) is 49.4 Å². The summed E-state index contributed by atoms with van der Waals surface area (Å²) in [5.74, 6) is 0. The molecule has 0 saturated carbocycles. The molecule has 2 aliphatic rings. The molecule has 0 fully saturated rings. The van der Waals surface area contributed by atoms with Crippen molar-refractivity contribution in [1.82, 2.24) is 4.90 Å². The van der Waals surface area contributed by atoms with Crippen LogP contribution in [0.3, 0.4) is 0 Å². The number of fused-ring (bicyclic) bond motifs is 3. The van der Waals surface area contributed by atoms with Gasteiger partial charge in [0.2, 0.25) is 0 Å². The Balaban J connectivity index is 2.33. The molecular formula is C18H23N. The third kappa shape index (κ3) is 1.36. The third-order valence-corrected chi connectivity index (χ3v) is 5.32. The predicted octanol–water partition coefficient (Wildman–Crippen LogP) is 4.36. The Labute approximate surface area is 116 Å². The minimum Gasteiger partial charge on any atom is -0.362 e. The fourth-order valence-corrected chi connectivity index (χ4v) is 4.08. The molecule has 0 N–H and O–H groups in total. The lowest BCUT2D eigenvalue weighted by atomic mass is 9.63. The maximum atomic E-state index is 2.57. The van der Waals surface area contributed by atoms with Crippen LogP contribution in [0.1, 0.15) is 45.2 Å². The summed E-state index contributed by atoms with van der Waals surface area (Å²) in [6.45, 7) is 10.3. The van der Waals surface area contributed by atoms with Crippen LogP contribution in [-0.4, -0.2) is 17.0 Å². The van der Waals surface area contributed by atoms with Gasteiger partial charge in [-0.25, -0.2) is 0 Å². The van der Waals surface area contributed by atoms with E-state index < -0.39 is 0 Å². The van der Waals surface area contributed by atoms with Crippen molar-refractivity contribution in [3.8, 4) is 0 Å². The summed E-state index contributed by atoms with van der Waals surface area (Å²) in [4.78, 5) is 2.57. The summed E-state index contributed by atoms with van der Waals surface area (Å²) < 4.78 is 0. The van der Waals surface area contributed by atoms with E-state index in [1.807, 2.05) is 0 Å². The minimum atomic E-state index is 0.0952. The number of likely N-dealkylation sites (N-methyl/N-ethyl adjacent to an activating group) is 1. The van der Waals surface area contributed by atoms with Crippen molar-refractivity contribution >= 4 is 5.70 Å². The molecule has 0 aromatic heterocycles. The maximum Gasteiger partial charge on any atom is 0.0653 e. The van der Waals surface area contributed by atoms with Crippen LogP contribution < -0.4 is 0 Å². The van der Waals surface area contributed by atoms with Crippen LogP contribution in [-0.2, 0) is 5.41 Å². The van der Waals surface area contributed by atoms with Gasteiger partial charge in [-0.3, -0.25) is 0 Å². The first-order valence-corrected chi connectivity index (χ1v) is 7.30. The smallest absolute Gasteiger partial charge is 0.0653 e. The molecule has 0 spiro atoms. The van der Waals surface area contributed by atoms with Gasteiger partial charge in [0.25, 0.3) is 0 Å². The average molecular weight is 253 g/mol. The van der Waals surface area contributed by atoms with Crippen molar-refractivity contribution in [2.24, 2.45) is 0 Å². The van der Waals surface area contributed by atoms with E-state index in [1.54, 1.807) is 0 Å². The van der Waals surface area contributed by atoms with Crippen LogP contribution in [0.4, 0.5) is 0 Å². The molecule has 1 aromatic rings. The molecule has 100 valence electrons. The SMILES string of the molecule is C/C=C1/c2ccccc2C2(C)CC=CC2(C)N1CC. The van der Waals surface area contributed by atoms with Crippen molar-refractivity contribution in [2.45, 2.75) is 45.1 Å². The quantitative estimate of drug-likeness (QED) is 0.672. The molecule has 1 aliphatic heterocycles. The molecule has 2 unspecified atom stereocenters. The van der Waals surface area contributed by atoms with Gasteiger partial charge in [0.05, 0.1) is 5.54 Å². The third-order valence-electron chi connectivity index (χ3n) is 5.32. The Morgan fingerprint density at radius 2 is 2.00 bits per heavy atom. The lowest BCUT2D eigenvalue weighted by molar-refractivity contribution is 0.138. The topological polar surface area (TPSA) is 3.24 Å². The Morgan fingerprint density at radius 3 is 2.68 bits per heavy atom. The van der Waals surface area contributed by atoms with Gasteiger partial charge in [0.15, 0.2) is 0 Å². The Bertz CT molecular complexity index is 569. The van der Waals surface area contributed by atoms with Crippen LogP contribution in [0, 0.1) is 0 Å². The van der Waals surface area contributed by atoms with Gasteiger partial charge in [0, 0.05) is 23.2 Å². The van der Waals surface area contributed by atoms with E-state index in [9.17, 15) is 0 Å². The number of hydrogen-bond acceptors (Lipinski definition) is 1. The van der Waals surface area contributed by atoms with Crippen LogP contribution in [0.5, 0.6) is 0 Å². The normalized spacial score (nSPS) is 34.5. The largest absolute Gasteiger partial charge is 0.362 e. The van der Waals surface area contributed by atoms with Gasteiger partial charge in [-0.05, 0) is 32.8 Å². The van der Waals surface area contributed by atoms with E-state index in [2.05, 4.69) is 75.1 Å². The summed E-state index contributed by atoms with van der Waals surface area (Å²) >= 11 is 0. The van der Waals surface area contributed by atoms with Crippen LogP contribution in [0.25, 0.3) is 5.70 Å². The standard InChI is InChI=1S/C18H23N/c1-5-16-14-10-7-8-11-15(14)17(3)12-9-13-18(17,4)19(16)6-2/h5,7-11,13H,6,12H2,1-4H3/b16-5-. The van der Waals surface area contributed by atoms with Crippen molar-refractivity contribution < 1.29 is 0 Å². The molecule has 1 aromatic carbocycles. The molecule has 2 atom stereocenters. The summed E-state index contributed by atoms with van der Waals surface area (Å²) in [6, 6.07) is 8.93. The fraction of sp³-hybridized carbons (Fsp3) is 0.444. The van der Waals surface area contributed by atoms with Crippen molar-refractivity contribution in [1.29, 1.82) is 0 Å². The fourth-order valence-electron chi connectivity index (χ4n) is 4.08. The van der Waals surface area contributed by atoms with Crippen molar-refractivity contribution in [3.63, 3.8) is 0 Å². The van der Waals surface area contributed by atoms with E-state index in [0.29, 0.717) is 0 Å². The second-order valence-corrected chi connectivity index (χ2v) is 6.05. The Morgan fingerprint density at radius 1 is 1.26 bits per heavy atom. The molecule has 0 amide bonds. The minimum absolute atomic E-state index is 0.0952. The first-order chi connectivity index (χ1) is 9.08. The predicted molar refractivity (Wildman–Crippen MR) is 82.0 cm³/mol. The zero-order valence-corrected chi connectivity index (χ0v) is 12.4. The van der Waals surface area contributed by atoms with E-state index in [-0.39, 0.29) is 11.0 Å². The number of hydrogen-bond donors (Lipinski definition) is 0. The molecule has 19 heavy (non-hydrogen) atoms. The second-order valence-electron chi connectivity index (χ2n) is 6.05. The molecule has 1 aliphatic carbocycles. The first-order valence-electron chi connectivity index (χ1n) is 7.30. The number of rotatable bonds is 1. The highest BCUT2D eigenvalue weighted by atomic mass is 15.2. The number of allylic oxidation sites excluding steroid dienone is 2. The zero-order chi connectivity index (χ0) is 13.7. The monoisotopic (exact) mass is 253 g/mol. The van der Waals surface area contributed by atoms with Gasteiger partial charge >= 0.3 is 0 Å². The molecule has 1 heterocycles. The van der Waals surface area contributed by atoms with Gasteiger partial charge in [-0.2, -0.15) is 0 Å². The highest BCUT2D eigenvalue weighted by molar-refractivity contribution is 5.73. The molecule has 0 bridgehead atoms. The van der Waals surface area contributed by atoms with Gasteiger partial charge < -0.3 is 4.90 Å². The van der Waals surface area contributed by atoms with E-state index >= 15 is 0 Å². The Hall–Kier alpha value is -1.50. The molecule has 1 heteroatoms. The second kappa shape index (κ2) is 4.00. The van der Waals surface area contributed by atoms with Gasteiger partial charge in [-0.15, -0.1) is 0 Å². The van der Waals surface area contributed by atoms with E-state index in [0.717, 1.165) is 13.0 Å². The zero-order valence-electron chi connectivity index (χ0n) is 12.4. The highest BCUT2D eigenvalue weighted by Crippen LogP contribution is 2.54. The summed E-state index contributed by atoms with van der Waals surface area (Å²) in [7, 11) is 0. The summed E-state index contributed by atoms with van der Waals surface area (Å²) in [6.07, 6.45) is 8.17. The lowest BCUT2D eigenvalue weighted by Gasteiger charge is -2.55. The van der Waals surface area contributed by atoms with E-state index in [1.165, 1.54) is 16.8 Å². The molecule has 0 saturated heterocycles. The number of benzene rings is 1.